The summed E-state index contributed by atoms with van der Waals surface area (Å²) in [5.74, 6) is -0.723. The second-order valence-corrected chi connectivity index (χ2v) is 7.65. The highest BCUT2D eigenvalue weighted by Gasteiger charge is 2.16. The van der Waals surface area contributed by atoms with Crippen LogP contribution in [0.2, 0.25) is 0 Å². The van der Waals surface area contributed by atoms with Gasteiger partial charge >= 0.3 is 5.76 Å². The lowest BCUT2D eigenvalue weighted by Crippen LogP contribution is -2.41. The summed E-state index contributed by atoms with van der Waals surface area (Å²) in [4.78, 5) is 25.9. The number of fused-ring (bicyclic) bond motifs is 1. The minimum Gasteiger partial charge on any atom is -0.407 e. The highest BCUT2D eigenvalue weighted by Crippen LogP contribution is 2.20. The van der Waals surface area contributed by atoms with E-state index in [1.54, 1.807) is 12.1 Å². The molecule has 6 nitrogen and oxygen atoms in total. The molecule has 0 radical (unpaired) electrons. The van der Waals surface area contributed by atoms with E-state index in [4.69, 9.17) is 4.42 Å². The second-order valence-electron chi connectivity index (χ2n) is 7.14. The summed E-state index contributed by atoms with van der Waals surface area (Å²) in [6.07, 6.45) is 1.80. The molecule has 0 aliphatic heterocycles. The molecule has 1 N–H and O–H groups in total. The van der Waals surface area contributed by atoms with Crippen LogP contribution in [0.3, 0.4) is 0 Å². The van der Waals surface area contributed by atoms with E-state index in [1.807, 2.05) is 55.4 Å². The van der Waals surface area contributed by atoms with Crippen LogP contribution in [0.1, 0.15) is 17.5 Å². The topological polar surface area (TPSA) is 67.5 Å². The molecule has 1 unspecified atom stereocenters. The summed E-state index contributed by atoms with van der Waals surface area (Å²) in [6.45, 7) is 0.504. The second kappa shape index (κ2) is 9.76. The third-order valence-corrected chi connectivity index (χ3v) is 5.38. The summed E-state index contributed by atoms with van der Waals surface area (Å²) in [5.41, 5.74) is 2.84. The SMILES string of the molecule is CN(C)C(CNC(=O)CCc1ccccc1)Cc1ccc2c(c1)oc(=O)n2SF. The van der Waals surface area contributed by atoms with Crippen molar-refractivity contribution >= 4 is 29.3 Å². The summed E-state index contributed by atoms with van der Waals surface area (Å²) in [7, 11) is 3.91. The van der Waals surface area contributed by atoms with E-state index in [1.165, 1.54) is 0 Å². The van der Waals surface area contributed by atoms with Crippen molar-refractivity contribution in [2.45, 2.75) is 25.3 Å². The number of aryl methyl sites for hydroxylation is 1. The highest BCUT2D eigenvalue weighted by atomic mass is 32.2. The number of likely N-dealkylation sites (N-methyl/N-ethyl adjacent to an activating group) is 1. The zero-order valence-corrected chi connectivity index (χ0v) is 17.2. The smallest absolute Gasteiger partial charge is 0.407 e. The Hall–Kier alpha value is -2.58. The van der Waals surface area contributed by atoms with Gasteiger partial charge in [-0.05, 0) is 50.2 Å². The van der Waals surface area contributed by atoms with E-state index in [0.29, 0.717) is 36.9 Å². The molecule has 154 valence electrons. The van der Waals surface area contributed by atoms with Gasteiger partial charge in [0.05, 0.1) is 0 Å². The maximum Gasteiger partial charge on any atom is 0.432 e. The lowest BCUT2D eigenvalue weighted by Gasteiger charge is -2.24. The van der Waals surface area contributed by atoms with Gasteiger partial charge in [-0.2, -0.15) is 3.97 Å². The van der Waals surface area contributed by atoms with E-state index in [2.05, 4.69) is 5.32 Å². The van der Waals surface area contributed by atoms with Gasteiger partial charge in [0.15, 0.2) is 17.9 Å². The van der Waals surface area contributed by atoms with Gasteiger partial charge in [0.1, 0.15) is 5.52 Å². The van der Waals surface area contributed by atoms with Crippen molar-refractivity contribution in [3.8, 4) is 0 Å². The Bertz CT molecular complexity index is 1020. The zero-order chi connectivity index (χ0) is 20.8. The fourth-order valence-electron chi connectivity index (χ4n) is 3.17. The predicted molar refractivity (Wildman–Crippen MR) is 114 cm³/mol. The first-order valence-corrected chi connectivity index (χ1v) is 10.1. The van der Waals surface area contributed by atoms with Crippen molar-refractivity contribution < 1.29 is 13.1 Å². The normalized spacial score (nSPS) is 12.4. The number of nitrogens with zero attached hydrogens (tertiary/aromatic N) is 2. The largest absolute Gasteiger partial charge is 0.432 e. The molecule has 0 saturated heterocycles. The molecule has 0 aliphatic carbocycles. The Labute approximate surface area is 173 Å². The minimum absolute atomic E-state index is 0.0131. The molecule has 0 spiro atoms. The zero-order valence-electron chi connectivity index (χ0n) is 16.4. The molecule has 2 aromatic carbocycles. The molecule has 1 amide bonds. The molecule has 0 fully saturated rings. The van der Waals surface area contributed by atoms with Crippen molar-refractivity contribution in [1.82, 2.24) is 14.2 Å². The highest BCUT2D eigenvalue weighted by molar-refractivity contribution is 7.92. The number of amides is 1. The van der Waals surface area contributed by atoms with Gasteiger partial charge in [0.25, 0.3) is 0 Å². The third-order valence-electron chi connectivity index (χ3n) is 4.90. The van der Waals surface area contributed by atoms with E-state index < -0.39 is 5.76 Å². The number of halogens is 1. The first-order valence-electron chi connectivity index (χ1n) is 9.38. The maximum absolute atomic E-state index is 12.9. The quantitative estimate of drug-likeness (QED) is 0.579. The first-order chi connectivity index (χ1) is 14.0. The summed E-state index contributed by atoms with van der Waals surface area (Å²) in [5, 5.41) is 3.00. The lowest BCUT2D eigenvalue weighted by atomic mass is 10.0. The van der Waals surface area contributed by atoms with Crippen LogP contribution in [0, 0.1) is 0 Å². The summed E-state index contributed by atoms with van der Waals surface area (Å²) < 4.78 is 18.9. The lowest BCUT2D eigenvalue weighted by molar-refractivity contribution is -0.121. The van der Waals surface area contributed by atoms with E-state index in [-0.39, 0.29) is 24.3 Å². The van der Waals surface area contributed by atoms with Gasteiger partial charge in [0.2, 0.25) is 5.91 Å². The van der Waals surface area contributed by atoms with Crippen molar-refractivity contribution in [3.63, 3.8) is 0 Å². The molecule has 3 rings (SSSR count). The van der Waals surface area contributed by atoms with Gasteiger partial charge < -0.3 is 14.6 Å². The fourth-order valence-corrected chi connectivity index (χ4v) is 3.49. The molecule has 1 aromatic heterocycles. The number of hydrogen-bond acceptors (Lipinski definition) is 5. The Kier molecular flexibility index (Phi) is 7.11. The molecule has 1 heterocycles. The number of nitrogens with one attached hydrogen (secondary N) is 1. The number of oxazole rings is 1. The van der Waals surface area contributed by atoms with Gasteiger partial charge in [-0.15, -0.1) is 3.89 Å². The Morgan fingerprint density at radius 3 is 2.66 bits per heavy atom. The predicted octanol–water partition coefficient (Wildman–Crippen LogP) is 3.20. The minimum atomic E-state index is -0.737. The average molecular weight is 418 g/mol. The maximum atomic E-state index is 12.9. The molecule has 1 atom stereocenters. The van der Waals surface area contributed by atoms with Crippen LogP contribution in [-0.2, 0) is 17.6 Å². The summed E-state index contributed by atoms with van der Waals surface area (Å²) in [6, 6.07) is 15.3. The van der Waals surface area contributed by atoms with Crippen LogP contribution in [0.4, 0.5) is 3.89 Å². The van der Waals surface area contributed by atoms with Crippen molar-refractivity contribution in [2.24, 2.45) is 0 Å². The number of rotatable bonds is 9. The van der Waals surface area contributed by atoms with Crippen molar-refractivity contribution in [2.75, 3.05) is 20.6 Å². The number of hydrogen-bond donors (Lipinski definition) is 1. The summed E-state index contributed by atoms with van der Waals surface area (Å²) >= 11 is -0.175. The molecule has 0 bridgehead atoms. The molecular weight excluding hydrogens is 393 g/mol. The van der Waals surface area contributed by atoms with E-state index in [0.717, 1.165) is 15.1 Å². The van der Waals surface area contributed by atoms with Crippen LogP contribution in [0.25, 0.3) is 11.1 Å². The van der Waals surface area contributed by atoms with Gasteiger partial charge in [-0.3, -0.25) is 4.79 Å². The van der Waals surface area contributed by atoms with Crippen LogP contribution in [0.15, 0.2) is 57.7 Å². The van der Waals surface area contributed by atoms with Gasteiger partial charge in [0, 0.05) is 19.0 Å². The number of carbonyl (C=O) groups is 1. The van der Waals surface area contributed by atoms with E-state index >= 15 is 0 Å². The van der Waals surface area contributed by atoms with Crippen molar-refractivity contribution in [3.05, 3.63) is 70.2 Å². The Morgan fingerprint density at radius 2 is 1.97 bits per heavy atom. The van der Waals surface area contributed by atoms with E-state index in [9.17, 15) is 13.5 Å². The van der Waals surface area contributed by atoms with Crippen LogP contribution in [-0.4, -0.2) is 41.5 Å². The van der Waals surface area contributed by atoms with Crippen LogP contribution in [0.5, 0.6) is 0 Å². The molecule has 29 heavy (non-hydrogen) atoms. The molecule has 0 aliphatic rings. The van der Waals surface area contributed by atoms with Crippen LogP contribution < -0.4 is 11.1 Å². The monoisotopic (exact) mass is 417 g/mol. The molecular formula is C21H24FN3O3S. The third kappa shape index (κ3) is 5.48. The van der Waals surface area contributed by atoms with Crippen molar-refractivity contribution in [1.29, 1.82) is 0 Å². The molecule has 3 aromatic rings. The molecule has 0 saturated carbocycles. The Balaban J connectivity index is 1.59. The average Bonchev–Trinajstić information content (AvgIpc) is 3.04. The van der Waals surface area contributed by atoms with Crippen LogP contribution >= 0.6 is 12.3 Å². The number of carbonyl (C=O) groups excluding carboxylic acids is 1. The standard InChI is InChI=1S/C21H24FN3O3S/c1-24(2)17(14-23-20(26)11-9-15-6-4-3-5-7-15)12-16-8-10-18-19(13-16)28-21(27)25(18)29-22/h3-8,10,13,17H,9,11-12,14H2,1-2H3,(H,23,26). The number of benzene rings is 2. The van der Waals surface area contributed by atoms with Gasteiger partial charge in [-0.25, -0.2) is 4.79 Å². The van der Waals surface area contributed by atoms with Gasteiger partial charge in [-0.1, -0.05) is 36.4 Å². The first kappa shape index (κ1) is 21.1. The fraction of sp³-hybridized carbons (Fsp3) is 0.333. The Morgan fingerprint density at radius 1 is 1.21 bits per heavy atom. The molecule has 8 heteroatoms. The number of aromatic nitrogens is 1.